The molecule has 0 spiro atoms. The maximum absolute atomic E-state index is 12.6. The highest BCUT2D eigenvalue weighted by Gasteiger charge is 2.35. The Morgan fingerprint density at radius 1 is 1.26 bits per heavy atom. The number of nitrogens with zero attached hydrogens (tertiary/aromatic N) is 1. The molecule has 2 heterocycles. The number of carbonyl (C=O) groups excluding carboxylic acids is 2. The van der Waals surface area contributed by atoms with E-state index >= 15 is 0 Å². The number of hydrogen-bond acceptors (Lipinski definition) is 4. The second-order valence-corrected chi connectivity index (χ2v) is 6.71. The number of benzene rings is 1. The number of amides is 2. The lowest BCUT2D eigenvalue weighted by molar-refractivity contribution is -0.125. The van der Waals surface area contributed by atoms with Crippen LogP contribution in [0.25, 0.3) is 0 Å². The highest BCUT2D eigenvalue weighted by atomic mass is 35.5. The summed E-state index contributed by atoms with van der Waals surface area (Å²) in [6, 6.07) is 8.99. The van der Waals surface area contributed by atoms with E-state index in [4.69, 9.17) is 0 Å². The molecule has 1 aromatic rings. The quantitative estimate of drug-likeness (QED) is 0.862. The van der Waals surface area contributed by atoms with Crippen molar-refractivity contribution in [2.75, 3.05) is 24.7 Å². The lowest BCUT2D eigenvalue weighted by atomic mass is 10.1. The highest BCUT2D eigenvalue weighted by Crippen LogP contribution is 2.23. The van der Waals surface area contributed by atoms with E-state index < -0.39 is 0 Å². The summed E-state index contributed by atoms with van der Waals surface area (Å²) in [5.74, 6) is 1.16. The van der Waals surface area contributed by atoms with Crippen molar-refractivity contribution in [1.29, 1.82) is 0 Å². The molecule has 2 amide bonds. The number of carbonyl (C=O) groups is 2. The Morgan fingerprint density at radius 2 is 2.04 bits per heavy atom. The van der Waals surface area contributed by atoms with Gasteiger partial charge in [0.15, 0.2) is 0 Å². The van der Waals surface area contributed by atoms with Crippen LogP contribution in [0, 0.1) is 0 Å². The van der Waals surface area contributed by atoms with Crippen molar-refractivity contribution in [2.45, 2.75) is 24.9 Å². The average molecular weight is 356 g/mol. The SMILES string of the molecule is Cl.O=C(N[C@H]1CCCNC1)C1CSCN1C(=O)c1ccccc1. The van der Waals surface area contributed by atoms with Gasteiger partial charge in [0, 0.05) is 23.9 Å². The molecule has 2 N–H and O–H groups in total. The molecule has 1 aromatic carbocycles. The lowest BCUT2D eigenvalue weighted by Gasteiger charge is -2.28. The molecular weight excluding hydrogens is 334 g/mol. The summed E-state index contributed by atoms with van der Waals surface area (Å²) < 4.78 is 0. The van der Waals surface area contributed by atoms with Crippen molar-refractivity contribution in [2.24, 2.45) is 0 Å². The van der Waals surface area contributed by atoms with Crippen molar-refractivity contribution >= 4 is 36.0 Å². The molecule has 0 bridgehead atoms. The van der Waals surface area contributed by atoms with Gasteiger partial charge in [-0.2, -0.15) is 0 Å². The first-order valence-corrected chi connectivity index (χ1v) is 8.86. The van der Waals surface area contributed by atoms with E-state index in [1.165, 1.54) is 0 Å². The van der Waals surface area contributed by atoms with Crippen LogP contribution in [0.5, 0.6) is 0 Å². The molecule has 126 valence electrons. The second kappa shape index (κ2) is 8.57. The van der Waals surface area contributed by atoms with E-state index in [2.05, 4.69) is 10.6 Å². The molecule has 0 aromatic heterocycles. The monoisotopic (exact) mass is 355 g/mol. The molecule has 0 aliphatic carbocycles. The van der Waals surface area contributed by atoms with Crippen LogP contribution >= 0.6 is 24.2 Å². The molecule has 0 saturated carbocycles. The number of rotatable bonds is 3. The summed E-state index contributed by atoms with van der Waals surface area (Å²) in [7, 11) is 0. The van der Waals surface area contributed by atoms with Crippen LogP contribution in [-0.2, 0) is 4.79 Å². The Hall–Kier alpha value is -1.24. The summed E-state index contributed by atoms with van der Waals surface area (Å²) in [6.07, 6.45) is 2.09. The zero-order valence-corrected chi connectivity index (χ0v) is 14.5. The molecule has 7 heteroatoms. The Labute approximate surface area is 147 Å². The van der Waals surface area contributed by atoms with Crippen LogP contribution in [0.1, 0.15) is 23.2 Å². The predicted molar refractivity (Wildman–Crippen MR) is 95.0 cm³/mol. The third-order valence-corrected chi connectivity index (χ3v) is 5.12. The summed E-state index contributed by atoms with van der Waals surface area (Å²) in [5.41, 5.74) is 0.641. The standard InChI is InChI=1S/C16H21N3O2S.ClH/c20-15(18-13-7-4-8-17-9-13)14-10-22-11-19(14)16(21)12-5-2-1-3-6-12;/h1-3,5-6,13-14,17H,4,7-11H2,(H,18,20);1H/t13-,14?;/m0./s1. The van der Waals surface area contributed by atoms with Crippen LogP contribution in [0.4, 0.5) is 0 Å². The largest absolute Gasteiger partial charge is 0.350 e. The van der Waals surface area contributed by atoms with E-state index in [9.17, 15) is 9.59 Å². The molecule has 2 aliphatic heterocycles. The summed E-state index contributed by atoms with van der Waals surface area (Å²) >= 11 is 1.63. The minimum atomic E-state index is -0.361. The molecule has 2 aliphatic rings. The van der Waals surface area contributed by atoms with Gasteiger partial charge in [-0.25, -0.2) is 0 Å². The van der Waals surface area contributed by atoms with E-state index in [1.54, 1.807) is 28.8 Å². The molecule has 3 rings (SSSR count). The Bertz CT molecular complexity index is 537. The van der Waals surface area contributed by atoms with Crippen molar-refractivity contribution in [3.63, 3.8) is 0 Å². The van der Waals surface area contributed by atoms with E-state index in [1.807, 2.05) is 18.2 Å². The van der Waals surface area contributed by atoms with Gasteiger partial charge in [0.25, 0.3) is 5.91 Å². The fourth-order valence-corrected chi connectivity index (χ4v) is 4.03. The maximum atomic E-state index is 12.6. The summed E-state index contributed by atoms with van der Waals surface area (Å²) in [6.45, 7) is 1.84. The second-order valence-electron chi connectivity index (χ2n) is 5.71. The van der Waals surface area contributed by atoms with Gasteiger partial charge in [0.2, 0.25) is 5.91 Å². The molecular formula is C16H22ClN3O2S. The van der Waals surface area contributed by atoms with Gasteiger partial charge in [0.1, 0.15) is 6.04 Å². The third kappa shape index (κ3) is 4.40. The van der Waals surface area contributed by atoms with Gasteiger partial charge >= 0.3 is 0 Å². The van der Waals surface area contributed by atoms with E-state index in [0.29, 0.717) is 17.2 Å². The number of thioether (sulfide) groups is 1. The average Bonchev–Trinajstić information content (AvgIpc) is 3.05. The van der Waals surface area contributed by atoms with Gasteiger partial charge in [0.05, 0.1) is 5.88 Å². The van der Waals surface area contributed by atoms with Crippen molar-refractivity contribution in [1.82, 2.24) is 15.5 Å². The first-order valence-electron chi connectivity index (χ1n) is 7.70. The molecule has 2 fully saturated rings. The van der Waals surface area contributed by atoms with Crippen LogP contribution < -0.4 is 10.6 Å². The molecule has 23 heavy (non-hydrogen) atoms. The fraction of sp³-hybridized carbons (Fsp3) is 0.500. The molecule has 5 nitrogen and oxygen atoms in total. The Morgan fingerprint density at radius 3 is 2.74 bits per heavy atom. The molecule has 2 atom stereocenters. The third-order valence-electron chi connectivity index (χ3n) is 4.11. The van der Waals surface area contributed by atoms with Crippen molar-refractivity contribution in [3.05, 3.63) is 35.9 Å². The van der Waals surface area contributed by atoms with Crippen LogP contribution in [0.3, 0.4) is 0 Å². The molecule has 1 unspecified atom stereocenters. The normalized spacial score (nSPS) is 23.9. The highest BCUT2D eigenvalue weighted by molar-refractivity contribution is 7.99. The smallest absolute Gasteiger partial charge is 0.255 e. The fourth-order valence-electron chi connectivity index (χ4n) is 2.88. The van der Waals surface area contributed by atoms with Gasteiger partial charge < -0.3 is 15.5 Å². The lowest BCUT2D eigenvalue weighted by Crippen LogP contribution is -2.53. The van der Waals surface area contributed by atoms with Gasteiger partial charge in [-0.15, -0.1) is 24.2 Å². The van der Waals surface area contributed by atoms with Gasteiger partial charge in [-0.05, 0) is 31.5 Å². The van der Waals surface area contributed by atoms with Gasteiger partial charge in [-0.1, -0.05) is 18.2 Å². The predicted octanol–water partition coefficient (Wildman–Crippen LogP) is 1.49. The molecule has 0 radical (unpaired) electrons. The summed E-state index contributed by atoms with van der Waals surface area (Å²) in [4.78, 5) is 26.8. The zero-order valence-electron chi connectivity index (χ0n) is 12.9. The number of piperidine rings is 1. The number of halogens is 1. The topological polar surface area (TPSA) is 61.4 Å². The Kier molecular flexibility index (Phi) is 6.74. The zero-order chi connectivity index (χ0) is 15.4. The number of nitrogens with one attached hydrogen (secondary N) is 2. The summed E-state index contributed by atoms with van der Waals surface area (Å²) in [5, 5.41) is 6.38. The number of hydrogen-bond donors (Lipinski definition) is 2. The minimum Gasteiger partial charge on any atom is -0.350 e. The maximum Gasteiger partial charge on any atom is 0.255 e. The Balaban J connectivity index is 0.00000192. The van der Waals surface area contributed by atoms with Crippen LogP contribution in [0.15, 0.2) is 30.3 Å². The van der Waals surface area contributed by atoms with Gasteiger partial charge in [-0.3, -0.25) is 9.59 Å². The van der Waals surface area contributed by atoms with Crippen molar-refractivity contribution < 1.29 is 9.59 Å². The minimum absolute atomic E-state index is 0. The van der Waals surface area contributed by atoms with Crippen molar-refractivity contribution in [3.8, 4) is 0 Å². The first-order chi connectivity index (χ1) is 10.8. The molecule has 2 saturated heterocycles. The van der Waals surface area contributed by atoms with E-state index in [0.717, 1.165) is 25.9 Å². The van der Waals surface area contributed by atoms with Crippen LogP contribution in [0.2, 0.25) is 0 Å². The first kappa shape index (κ1) is 18.1. The van der Waals surface area contributed by atoms with E-state index in [-0.39, 0.29) is 36.3 Å². The van der Waals surface area contributed by atoms with Crippen LogP contribution in [-0.4, -0.2) is 53.5 Å².